The summed E-state index contributed by atoms with van der Waals surface area (Å²) in [6.45, 7) is 9.31. The van der Waals surface area contributed by atoms with Gasteiger partial charge in [0.2, 0.25) is 0 Å². The minimum Gasteiger partial charge on any atom is -0.481 e. The first-order valence-corrected chi connectivity index (χ1v) is 6.18. The van der Waals surface area contributed by atoms with Crippen molar-refractivity contribution in [2.45, 2.75) is 45.7 Å². The average Bonchev–Trinajstić information content (AvgIpc) is 2.31. The Morgan fingerprint density at radius 1 is 1.56 bits per heavy atom. The molecule has 2 N–H and O–H groups in total. The molecule has 1 fully saturated rings. The summed E-state index contributed by atoms with van der Waals surface area (Å²) < 4.78 is 0. The van der Waals surface area contributed by atoms with Gasteiger partial charge in [-0.05, 0) is 25.8 Å². The summed E-state index contributed by atoms with van der Waals surface area (Å²) >= 11 is 0. The molecule has 0 radical (unpaired) electrons. The summed E-state index contributed by atoms with van der Waals surface area (Å²) in [5.74, 6) is -0.111. The van der Waals surface area contributed by atoms with Crippen molar-refractivity contribution in [1.82, 2.24) is 10.2 Å². The van der Waals surface area contributed by atoms with Crippen LogP contribution in [0.4, 0.5) is 0 Å². The van der Waals surface area contributed by atoms with Gasteiger partial charge in [0.1, 0.15) is 0 Å². The summed E-state index contributed by atoms with van der Waals surface area (Å²) in [5, 5.41) is 12.3. The number of rotatable bonds is 4. The zero-order valence-corrected chi connectivity index (χ0v) is 10.6. The van der Waals surface area contributed by atoms with Gasteiger partial charge in [0.25, 0.3) is 0 Å². The topological polar surface area (TPSA) is 52.6 Å². The van der Waals surface area contributed by atoms with Crippen molar-refractivity contribution in [3.05, 3.63) is 0 Å². The third-order valence-corrected chi connectivity index (χ3v) is 3.08. The summed E-state index contributed by atoms with van der Waals surface area (Å²) in [6.07, 6.45) is 1.34. The Bertz CT molecular complexity index is 231. The fourth-order valence-corrected chi connectivity index (χ4v) is 2.22. The molecule has 0 aromatic heterocycles. The van der Waals surface area contributed by atoms with E-state index in [1.54, 1.807) is 0 Å². The molecule has 2 atom stereocenters. The normalized spacial score (nSPS) is 28.0. The van der Waals surface area contributed by atoms with E-state index in [1.165, 1.54) is 0 Å². The highest BCUT2D eigenvalue weighted by Gasteiger charge is 2.25. The molecular weight excluding hydrogens is 204 g/mol. The lowest BCUT2D eigenvalue weighted by molar-refractivity contribution is -0.138. The van der Waals surface area contributed by atoms with E-state index >= 15 is 0 Å². The first-order chi connectivity index (χ1) is 7.49. The molecule has 0 bridgehead atoms. The van der Waals surface area contributed by atoms with Crippen LogP contribution in [-0.4, -0.2) is 47.7 Å². The van der Waals surface area contributed by atoms with Crippen molar-refractivity contribution in [2.24, 2.45) is 5.92 Å². The molecule has 1 aliphatic rings. The van der Waals surface area contributed by atoms with Crippen LogP contribution in [0.1, 0.15) is 33.6 Å². The van der Waals surface area contributed by atoms with E-state index in [0.717, 1.165) is 26.1 Å². The van der Waals surface area contributed by atoms with E-state index in [1.807, 2.05) is 0 Å². The fourth-order valence-electron chi connectivity index (χ4n) is 2.22. The van der Waals surface area contributed by atoms with Gasteiger partial charge in [0.15, 0.2) is 0 Å². The van der Waals surface area contributed by atoms with Crippen molar-refractivity contribution < 1.29 is 9.90 Å². The van der Waals surface area contributed by atoms with Gasteiger partial charge in [-0.2, -0.15) is 0 Å². The molecule has 0 aromatic rings. The molecule has 0 aromatic carbocycles. The van der Waals surface area contributed by atoms with Gasteiger partial charge in [-0.15, -0.1) is 0 Å². The molecule has 0 aliphatic carbocycles. The average molecular weight is 228 g/mol. The molecule has 0 amide bonds. The lowest BCUT2D eigenvalue weighted by Crippen LogP contribution is -2.43. The van der Waals surface area contributed by atoms with E-state index in [9.17, 15) is 4.79 Å². The molecular formula is C12H24N2O2. The van der Waals surface area contributed by atoms with Gasteiger partial charge in [-0.1, -0.05) is 13.8 Å². The predicted molar refractivity (Wildman–Crippen MR) is 64.5 cm³/mol. The molecule has 1 rings (SSSR count). The summed E-state index contributed by atoms with van der Waals surface area (Å²) in [4.78, 5) is 13.2. The van der Waals surface area contributed by atoms with Crippen molar-refractivity contribution in [2.75, 3.05) is 19.6 Å². The second-order valence-electron chi connectivity index (χ2n) is 5.24. The molecule has 1 aliphatic heterocycles. The smallest absolute Gasteiger partial charge is 0.304 e. The monoisotopic (exact) mass is 228 g/mol. The number of nitrogens with one attached hydrogen (secondary N) is 1. The van der Waals surface area contributed by atoms with Crippen molar-refractivity contribution >= 4 is 5.97 Å². The molecule has 0 spiro atoms. The standard InChI is InChI=1S/C12H24N2O2/c1-9(2)8-14-5-4-10(3)13-7-11(14)6-12(15)16/h9-11,13H,4-8H2,1-3H3,(H,15,16). The molecule has 0 saturated carbocycles. The number of carbonyl (C=O) groups is 1. The SMILES string of the molecule is CC(C)CN1CCC(C)NCC1CC(=O)O. The Hall–Kier alpha value is -0.610. The minimum absolute atomic E-state index is 0.143. The van der Waals surface area contributed by atoms with E-state index < -0.39 is 5.97 Å². The van der Waals surface area contributed by atoms with Crippen LogP contribution in [-0.2, 0) is 4.79 Å². The lowest BCUT2D eigenvalue weighted by atomic mass is 10.1. The van der Waals surface area contributed by atoms with Gasteiger partial charge in [-0.3, -0.25) is 9.69 Å². The van der Waals surface area contributed by atoms with Gasteiger partial charge < -0.3 is 10.4 Å². The largest absolute Gasteiger partial charge is 0.481 e. The van der Waals surface area contributed by atoms with Gasteiger partial charge in [-0.25, -0.2) is 0 Å². The van der Waals surface area contributed by atoms with Gasteiger partial charge in [0.05, 0.1) is 6.42 Å². The second kappa shape index (κ2) is 6.21. The van der Waals surface area contributed by atoms with Crippen LogP contribution in [0, 0.1) is 5.92 Å². The zero-order valence-electron chi connectivity index (χ0n) is 10.6. The predicted octanol–water partition coefficient (Wildman–Crippen LogP) is 1.17. The van der Waals surface area contributed by atoms with Crippen LogP contribution in [0.2, 0.25) is 0 Å². The fraction of sp³-hybridized carbons (Fsp3) is 0.917. The van der Waals surface area contributed by atoms with E-state index in [0.29, 0.717) is 12.0 Å². The summed E-state index contributed by atoms with van der Waals surface area (Å²) in [5.41, 5.74) is 0. The van der Waals surface area contributed by atoms with Crippen LogP contribution in [0.25, 0.3) is 0 Å². The Kier molecular flexibility index (Phi) is 5.22. The molecule has 16 heavy (non-hydrogen) atoms. The molecule has 4 nitrogen and oxygen atoms in total. The third-order valence-electron chi connectivity index (χ3n) is 3.08. The number of aliphatic carboxylic acids is 1. The number of hydrogen-bond donors (Lipinski definition) is 2. The number of carboxylic acid groups (broad SMARTS) is 1. The molecule has 1 heterocycles. The molecule has 94 valence electrons. The van der Waals surface area contributed by atoms with Crippen molar-refractivity contribution in [3.8, 4) is 0 Å². The second-order valence-corrected chi connectivity index (χ2v) is 5.24. The van der Waals surface area contributed by atoms with Crippen LogP contribution < -0.4 is 5.32 Å². The Morgan fingerprint density at radius 2 is 2.25 bits per heavy atom. The van der Waals surface area contributed by atoms with Crippen LogP contribution in [0.3, 0.4) is 0 Å². The first kappa shape index (κ1) is 13.5. The Morgan fingerprint density at radius 3 is 2.81 bits per heavy atom. The summed E-state index contributed by atoms with van der Waals surface area (Å²) in [7, 11) is 0. The molecule has 4 heteroatoms. The highest BCUT2D eigenvalue weighted by molar-refractivity contribution is 5.67. The highest BCUT2D eigenvalue weighted by Crippen LogP contribution is 2.13. The van der Waals surface area contributed by atoms with Crippen LogP contribution in [0.5, 0.6) is 0 Å². The van der Waals surface area contributed by atoms with Crippen molar-refractivity contribution in [3.63, 3.8) is 0 Å². The maximum atomic E-state index is 10.8. The van der Waals surface area contributed by atoms with Gasteiger partial charge >= 0.3 is 5.97 Å². The number of nitrogens with zero attached hydrogens (tertiary/aromatic N) is 1. The molecule has 1 saturated heterocycles. The minimum atomic E-state index is -0.699. The highest BCUT2D eigenvalue weighted by atomic mass is 16.4. The zero-order chi connectivity index (χ0) is 12.1. The Labute approximate surface area is 98.0 Å². The summed E-state index contributed by atoms with van der Waals surface area (Å²) in [6, 6.07) is 0.637. The third kappa shape index (κ3) is 4.49. The maximum Gasteiger partial charge on any atom is 0.304 e. The van der Waals surface area contributed by atoms with Gasteiger partial charge in [0, 0.05) is 25.2 Å². The lowest BCUT2D eigenvalue weighted by Gasteiger charge is -2.29. The van der Waals surface area contributed by atoms with Crippen LogP contribution in [0.15, 0.2) is 0 Å². The van der Waals surface area contributed by atoms with E-state index in [-0.39, 0.29) is 12.5 Å². The number of carboxylic acids is 1. The molecule has 2 unspecified atom stereocenters. The van der Waals surface area contributed by atoms with Crippen LogP contribution >= 0.6 is 0 Å². The first-order valence-electron chi connectivity index (χ1n) is 6.18. The van der Waals surface area contributed by atoms with Crippen molar-refractivity contribution in [1.29, 1.82) is 0 Å². The quantitative estimate of drug-likeness (QED) is 0.758. The Balaban J connectivity index is 2.60. The van der Waals surface area contributed by atoms with E-state index in [4.69, 9.17) is 5.11 Å². The number of hydrogen-bond acceptors (Lipinski definition) is 3. The van der Waals surface area contributed by atoms with E-state index in [2.05, 4.69) is 31.0 Å². The maximum absolute atomic E-state index is 10.8.